The van der Waals surface area contributed by atoms with Crippen LogP contribution in [0.25, 0.3) is 0 Å². The van der Waals surface area contributed by atoms with Crippen LogP contribution in [0.5, 0.6) is 0 Å². The van der Waals surface area contributed by atoms with E-state index in [0.29, 0.717) is 23.8 Å². The third-order valence-electron chi connectivity index (χ3n) is 5.42. The molecule has 1 saturated heterocycles. The lowest BCUT2D eigenvalue weighted by Gasteiger charge is -2.21. The highest BCUT2D eigenvalue weighted by Crippen LogP contribution is 2.23. The fourth-order valence-corrected chi connectivity index (χ4v) is 3.97. The predicted octanol–water partition coefficient (Wildman–Crippen LogP) is 2.76. The van der Waals surface area contributed by atoms with Crippen LogP contribution in [-0.2, 0) is 19.5 Å². The summed E-state index contributed by atoms with van der Waals surface area (Å²) in [5.74, 6) is 0.751. The van der Waals surface area contributed by atoms with Gasteiger partial charge in [-0.15, -0.1) is 0 Å². The minimum absolute atomic E-state index is 0.0207. The molecule has 0 bridgehead atoms. The molecule has 1 fully saturated rings. The van der Waals surface area contributed by atoms with E-state index in [0.717, 1.165) is 57.4 Å². The van der Waals surface area contributed by atoms with Gasteiger partial charge < -0.3 is 19.2 Å². The van der Waals surface area contributed by atoms with E-state index in [1.807, 2.05) is 15.5 Å². The number of nitrogens with zero attached hydrogens (tertiary/aromatic N) is 3. The zero-order valence-electron chi connectivity index (χ0n) is 15.6. The largest absolute Gasteiger partial charge is 0.467 e. The normalized spacial score (nSPS) is 17.3. The number of hydrogen-bond donors (Lipinski definition) is 1. The van der Waals surface area contributed by atoms with Crippen LogP contribution >= 0.6 is 0 Å². The van der Waals surface area contributed by atoms with Gasteiger partial charge in [0.25, 0.3) is 11.8 Å². The van der Waals surface area contributed by atoms with Crippen molar-refractivity contribution in [1.82, 2.24) is 19.8 Å². The molecule has 0 unspecified atom stereocenters. The fraction of sp³-hybridized carbons (Fsp3) is 0.550. The SMILES string of the molecule is O=C(NCc1ccco1)c1nc(C(=O)N2CCCCCC2)c2n1CCCC2. The van der Waals surface area contributed by atoms with Crippen molar-refractivity contribution in [3.8, 4) is 0 Å². The Hall–Kier alpha value is -2.57. The summed E-state index contributed by atoms with van der Waals surface area (Å²) in [5, 5.41) is 2.85. The van der Waals surface area contributed by atoms with Crippen LogP contribution in [0.1, 0.15) is 71.1 Å². The van der Waals surface area contributed by atoms with Crippen molar-refractivity contribution in [2.45, 2.75) is 58.0 Å². The Morgan fingerprint density at radius 1 is 1.07 bits per heavy atom. The minimum Gasteiger partial charge on any atom is -0.467 e. The highest BCUT2D eigenvalue weighted by Gasteiger charge is 2.30. The van der Waals surface area contributed by atoms with E-state index in [9.17, 15) is 9.59 Å². The van der Waals surface area contributed by atoms with Gasteiger partial charge >= 0.3 is 0 Å². The van der Waals surface area contributed by atoms with Crippen LogP contribution in [-0.4, -0.2) is 39.4 Å². The molecule has 144 valence electrons. The van der Waals surface area contributed by atoms with Gasteiger partial charge in [0.15, 0.2) is 5.82 Å². The summed E-state index contributed by atoms with van der Waals surface area (Å²) in [5.41, 5.74) is 1.39. The van der Waals surface area contributed by atoms with E-state index in [1.54, 1.807) is 12.3 Å². The van der Waals surface area contributed by atoms with Crippen molar-refractivity contribution >= 4 is 11.8 Å². The molecule has 4 heterocycles. The van der Waals surface area contributed by atoms with Gasteiger partial charge in [-0.25, -0.2) is 4.98 Å². The second kappa shape index (κ2) is 7.98. The molecule has 0 aliphatic carbocycles. The maximum atomic E-state index is 13.1. The van der Waals surface area contributed by atoms with Gasteiger partial charge in [0, 0.05) is 19.6 Å². The first-order valence-corrected chi connectivity index (χ1v) is 9.93. The number of carbonyl (C=O) groups excluding carboxylic acids is 2. The first-order chi connectivity index (χ1) is 13.2. The number of nitrogens with one attached hydrogen (secondary N) is 1. The summed E-state index contributed by atoms with van der Waals surface area (Å²) in [4.78, 5) is 32.3. The minimum atomic E-state index is -0.260. The topological polar surface area (TPSA) is 80.4 Å². The summed E-state index contributed by atoms with van der Waals surface area (Å²) in [6, 6.07) is 3.60. The number of rotatable bonds is 4. The van der Waals surface area contributed by atoms with Gasteiger partial charge in [-0.05, 0) is 44.2 Å². The molecule has 0 aromatic carbocycles. The summed E-state index contributed by atoms with van der Waals surface area (Å²) >= 11 is 0. The fourth-order valence-electron chi connectivity index (χ4n) is 3.97. The number of hydrogen-bond acceptors (Lipinski definition) is 4. The molecular weight excluding hydrogens is 344 g/mol. The van der Waals surface area contributed by atoms with E-state index in [2.05, 4.69) is 10.3 Å². The third-order valence-corrected chi connectivity index (χ3v) is 5.42. The van der Waals surface area contributed by atoms with E-state index in [-0.39, 0.29) is 11.8 Å². The second-order valence-electron chi connectivity index (χ2n) is 7.31. The lowest BCUT2D eigenvalue weighted by Crippen LogP contribution is -2.33. The second-order valence-corrected chi connectivity index (χ2v) is 7.31. The van der Waals surface area contributed by atoms with Crippen molar-refractivity contribution in [2.75, 3.05) is 13.1 Å². The molecule has 0 saturated carbocycles. The molecule has 2 aliphatic heterocycles. The van der Waals surface area contributed by atoms with Crippen LogP contribution in [0.3, 0.4) is 0 Å². The molecule has 2 aliphatic rings. The van der Waals surface area contributed by atoms with Gasteiger partial charge in [-0.3, -0.25) is 9.59 Å². The van der Waals surface area contributed by atoms with Gasteiger partial charge in [-0.2, -0.15) is 0 Å². The summed E-state index contributed by atoms with van der Waals surface area (Å²) < 4.78 is 7.20. The predicted molar refractivity (Wildman–Crippen MR) is 99.4 cm³/mol. The number of amides is 2. The van der Waals surface area contributed by atoms with E-state index in [1.165, 1.54) is 12.8 Å². The molecule has 27 heavy (non-hydrogen) atoms. The average molecular weight is 370 g/mol. The third kappa shape index (κ3) is 3.77. The first kappa shape index (κ1) is 17.8. The first-order valence-electron chi connectivity index (χ1n) is 9.93. The van der Waals surface area contributed by atoms with Crippen LogP contribution in [0, 0.1) is 0 Å². The number of furan rings is 1. The van der Waals surface area contributed by atoms with Crippen LogP contribution in [0.15, 0.2) is 22.8 Å². The van der Waals surface area contributed by atoms with Crippen LogP contribution in [0.4, 0.5) is 0 Å². The molecule has 2 aromatic rings. The quantitative estimate of drug-likeness (QED) is 0.897. The van der Waals surface area contributed by atoms with E-state index >= 15 is 0 Å². The average Bonchev–Trinajstić information content (AvgIpc) is 3.26. The Bertz CT molecular complexity index is 802. The Morgan fingerprint density at radius 2 is 1.85 bits per heavy atom. The number of carbonyl (C=O) groups is 2. The summed E-state index contributed by atoms with van der Waals surface area (Å²) in [6.07, 6.45) is 8.83. The van der Waals surface area contributed by atoms with Crippen molar-refractivity contribution in [1.29, 1.82) is 0 Å². The van der Waals surface area contributed by atoms with E-state index in [4.69, 9.17) is 4.42 Å². The number of aromatic nitrogens is 2. The van der Waals surface area contributed by atoms with Crippen molar-refractivity contribution < 1.29 is 14.0 Å². The zero-order chi connectivity index (χ0) is 18.6. The molecule has 0 atom stereocenters. The zero-order valence-corrected chi connectivity index (χ0v) is 15.6. The molecule has 0 spiro atoms. The standard InChI is InChI=1S/C20H26N4O3/c25-19(21-14-15-8-7-13-27-15)18-22-17(16-9-3-6-12-24(16)18)20(26)23-10-4-1-2-5-11-23/h7-8,13H,1-6,9-12,14H2,(H,21,25). The Labute approximate surface area is 158 Å². The van der Waals surface area contributed by atoms with Crippen LogP contribution in [0.2, 0.25) is 0 Å². The maximum Gasteiger partial charge on any atom is 0.287 e. The van der Waals surface area contributed by atoms with Gasteiger partial charge in [0.2, 0.25) is 0 Å². The summed E-state index contributed by atoms with van der Waals surface area (Å²) in [7, 11) is 0. The number of likely N-dealkylation sites (tertiary alicyclic amines) is 1. The smallest absolute Gasteiger partial charge is 0.287 e. The van der Waals surface area contributed by atoms with Crippen molar-refractivity contribution in [3.05, 3.63) is 41.4 Å². The maximum absolute atomic E-state index is 13.1. The lowest BCUT2D eigenvalue weighted by atomic mass is 10.1. The Balaban J connectivity index is 1.57. The molecule has 2 amide bonds. The monoisotopic (exact) mass is 370 g/mol. The highest BCUT2D eigenvalue weighted by atomic mass is 16.3. The lowest BCUT2D eigenvalue weighted by molar-refractivity contribution is 0.0754. The molecule has 1 N–H and O–H groups in total. The van der Waals surface area contributed by atoms with E-state index < -0.39 is 0 Å². The molecule has 2 aromatic heterocycles. The Kier molecular flexibility index (Phi) is 5.27. The van der Waals surface area contributed by atoms with Crippen molar-refractivity contribution in [3.63, 3.8) is 0 Å². The van der Waals surface area contributed by atoms with Crippen molar-refractivity contribution in [2.24, 2.45) is 0 Å². The summed E-state index contributed by atoms with van der Waals surface area (Å²) in [6.45, 7) is 2.61. The number of fused-ring (bicyclic) bond motifs is 1. The highest BCUT2D eigenvalue weighted by molar-refractivity contribution is 5.97. The molecule has 4 rings (SSSR count). The van der Waals surface area contributed by atoms with Gasteiger partial charge in [0.1, 0.15) is 11.5 Å². The molecule has 7 nitrogen and oxygen atoms in total. The molecule has 0 radical (unpaired) electrons. The van der Waals surface area contributed by atoms with Crippen LogP contribution < -0.4 is 5.32 Å². The Morgan fingerprint density at radius 3 is 2.59 bits per heavy atom. The van der Waals surface area contributed by atoms with Gasteiger partial charge in [-0.1, -0.05) is 12.8 Å². The van der Waals surface area contributed by atoms with Gasteiger partial charge in [0.05, 0.1) is 18.5 Å². The number of imidazole rings is 1. The molecular formula is C20H26N4O3. The molecule has 7 heteroatoms.